The number of hydrogen-bond donors (Lipinski definition) is 2. The lowest BCUT2D eigenvalue weighted by molar-refractivity contribution is -0.114. The van der Waals surface area contributed by atoms with E-state index in [-0.39, 0.29) is 5.70 Å². The molecule has 6 nitrogen and oxygen atoms in total. The van der Waals surface area contributed by atoms with Crippen molar-refractivity contribution in [3.8, 4) is 11.5 Å². The van der Waals surface area contributed by atoms with Gasteiger partial charge in [0.2, 0.25) is 0 Å². The Morgan fingerprint density at radius 3 is 2.15 bits per heavy atom. The molecule has 142 valence electrons. The zero-order chi connectivity index (χ0) is 19.8. The van der Waals surface area contributed by atoms with Gasteiger partial charge >= 0.3 is 0 Å². The number of ether oxygens (including phenoxy) is 2. The van der Waals surface area contributed by atoms with Crippen molar-refractivity contribution >= 4 is 17.9 Å². The largest absolute Gasteiger partial charge is 0.497 e. The van der Waals surface area contributed by atoms with Crippen LogP contribution in [0.2, 0.25) is 0 Å². The highest BCUT2D eigenvalue weighted by Gasteiger charge is 2.12. The van der Waals surface area contributed by atoms with E-state index in [0.717, 1.165) is 0 Å². The number of primary amides is 1. The van der Waals surface area contributed by atoms with Gasteiger partial charge in [-0.25, -0.2) is 0 Å². The van der Waals surface area contributed by atoms with Crippen molar-refractivity contribution in [3.05, 3.63) is 65.4 Å². The Kier molecular flexibility index (Phi) is 7.00. The molecule has 0 fully saturated rings. The zero-order valence-corrected chi connectivity index (χ0v) is 15.7. The van der Waals surface area contributed by atoms with Gasteiger partial charge in [0, 0.05) is 5.56 Å². The summed E-state index contributed by atoms with van der Waals surface area (Å²) >= 11 is 0. The lowest BCUT2D eigenvalue weighted by Gasteiger charge is -2.10. The van der Waals surface area contributed by atoms with E-state index in [1.807, 2.05) is 0 Å². The third kappa shape index (κ3) is 6.18. The Bertz CT molecular complexity index is 809. The molecule has 0 aliphatic heterocycles. The fourth-order valence-corrected chi connectivity index (χ4v) is 2.20. The van der Waals surface area contributed by atoms with Crippen molar-refractivity contribution in [2.75, 3.05) is 13.7 Å². The summed E-state index contributed by atoms with van der Waals surface area (Å²) < 4.78 is 10.7. The van der Waals surface area contributed by atoms with Gasteiger partial charge in [-0.2, -0.15) is 0 Å². The molecule has 3 N–H and O–H groups in total. The Morgan fingerprint density at radius 1 is 1.04 bits per heavy atom. The van der Waals surface area contributed by atoms with Crippen LogP contribution in [0.3, 0.4) is 0 Å². The van der Waals surface area contributed by atoms with Gasteiger partial charge in [-0.1, -0.05) is 26.0 Å². The van der Waals surface area contributed by atoms with Crippen LogP contribution in [-0.2, 0) is 4.79 Å². The number of benzene rings is 2. The van der Waals surface area contributed by atoms with Crippen LogP contribution in [0.1, 0.15) is 29.8 Å². The molecule has 0 atom stereocenters. The number of nitrogens with two attached hydrogens (primary N) is 1. The van der Waals surface area contributed by atoms with Crippen LogP contribution in [0, 0.1) is 5.92 Å². The molecular formula is C21H24N2O4. The standard InChI is InChI=1S/C21H24N2O4/c1-14(2)13-27-18-10-6-16(7-11-18)21(25)23-19(20(22)24)12-15-4-8-17(26-3)9-5-15/h4-12,14H,13H2,1-3H3,(H2,22,24)(H,23,25)/b19-12-. The van der Waals surface area contributed by atoms with Gasteiger partial charge in [0.05, 0.1) is 13.7 Å². The first-order valence-corrected chi connectivity index (χ1v) is 8.59. The zero-order valence-electron chi connectivity index (χ0n) is 15.7. The third-order valence-electron chi connectivity index (χ3n) is 3.64. The summed E-state index contributed by atoms with van der Waals surface area (Å²) in [5.41, 5.74) is 6.50. The molecular weight excluding hydrogens is 344 g/mol. The maximum absolute atomic E-state index is 12.4. The monoisotopic (exact) mass is 368 g/mol. The van der Waals surface area contributed by atoms with E-state index in [2.05, 4.69) is 19.2 Å². The molecule has 2 amide bonds. The van der Waals surface area contributed by atoms with Crippen molar-refractivity contribution in [2.24, 2.45) is 11.7 Å². The number of carbonyl (C=O) groups is 2. The highest BCUT2D eigenvalue weighted by Crippen LogP contribution is 2.15. The minimum absolute atomic E-state index is 0.00491. The minimum Gasteiger partial charge on any atom is -0.497 e. The quantitative estimate of drug-likeness (QED) is 0.701. The fourth-order valence-electron chi connectivity index (χ4n) is 2.20. The maximum atomic E-state index is 12.4. The molecule has 6 heteroatoms. The molecule has 2 aromatic rings. The molecule has 0 saturated carbocycles. The first-order valence-electron chi connectivity index (χ1n) is 8.59. The summed E-state index contributed by atoms with van der Waals surface area (Å²) in [5.74, 6) is 0.634. The Labute approximate surface area is 159 Å². The van der Waals surface area contributed by atoms with Crippen LogP contribution in [0.4, 0.5) is 0 Å². The molecule has 0 saturated heterocycles. The molecule has 2 rings (SSSR count). The topological polar surface area (TPSA) is 90.7 Å². The van der Waals surface area contributed by atoms with Crippen molar-refractivity contribution < 1.29 is 19.1 Å². The van der Waals surface area contributed by atoms with Gasteiger partial charge in [0.25, 0.3) is 11.8 Å². The number of amides is 2. The van der Waals surface area contributed by atoms with Crippen molar-refractivity contribution in [1.82, 2.24) is 5.32 Å². The molecule has 0 heterocycles. The van der Waals surface area contributed by atoms with Crippen molar-refractivity contribution in [1.29, 1.82) is 0 Å². The molecule has 0 bridgehead atoms. The Morgan fingerprint density at radius 2 is 1.63 bits per heavy atom. The van der Waals surface area contributed by atoms with Gasteiger partial charge in [0.15, 0.2) is 0 Å². The molecule has 0 unspecified atom stereocenters. The van der Waals surface area contributed by atoms with E-state index < -0.39 is 11.8 Å². The van der Waals surface area contributed by atoms with Gasteiger partial charge in [-0.05, 0) is 54.0 Å². The molecule has 27 heavy (non-hydrogen) atoms. The lowest BCUT2D eigenvalue weighted by Crippen LogP contribution is -2.31. The summed E-state index contributed by atoms with van der Waals surface area (Å²) in [5, 5.41) is 2.56. The number of methoxy groups -OCH3 is 1. The van der Waals surface area contributed by atoms with E-state index in [0.29, 0.717) is 35.2 Å². The van der Waals surface area contributed by atoms with E-state index in [1.165, 1.54) is 6.08 Å². The average molecular weight is 368 g/mol. The predicted molar refractivity (Wildman–Crippen MR) is 104 cm³/mol. The van der Waals surface area contributed by atoms with Gasteiger partial charge in [0.1, 0.15) is 17.2 Å². The first kappa shape index (κ1) is 20.0. The van der Waals surface area contributed by atoms with Crippen LogP contribution in [0.25, 0.3) is 6.08 Å². The Hall–Kier alpha value is -3.28. The summed E-state index contributed by atoms with van der Waals surface area (Å²) in [6, 6.07) is 13.7. The van der Waals surface area contributed by atoms with Crippen molar-refractivity contribution in [3.63, 3.8) is 0 Å². The highest BCUT2D eigenvalue weighted by atomic mass is 16.5. The number of rotatable bonds is 8. The SMILES string of the molecule is COc1ccc(/C=C(\NC(=O)c2ccc(OCC(C)C)cc2)C(N)=O)cc1. The smallest absolute Gasteiger partial charge is 0.265 e. The van der Waals surface area contributed by atoms with Crippen LogP contribution in [0.15, 0.2) is 54.2 Å². The molecule has 0 spiro atoms. The summed E-state index contributed by atoms with van der Waals surface area (Å²) in [6.07, 6.45) is 1.51. The molecule has 0 aliphatic carbocycles. The van der Waals surface area contributed by atoms with Gasteiger partial charge < -0.3 is 20.5 Å². The second-order valence-electron chi connectivity index (χ2n) is 6.38. The van der Waals surface area contributed by atoms with Crippen LogP contribution in [-0.4, -0.2) is 25.5 Å². The third-order valence-corrected chi connectivity index (χ3v) is 3.64. The van der Waals surface area contributed by atoms with Gasteiger partial charge in [-0.3, -0.25) is 9.59 Å². The minimum atomic E-state index is -0.726. The number of hydrogen-bond acceptors (Lipinski definition) is 4. The summed E-state index contributed by atoms with van der Waals surface area (Å²) in [6.45, 7) is 4.71. The fraction of sp³-hybridized carbons (Fsp3) is 0.238. The number of nitrogens with one attached hydrogen (secondary N) is 1. The van der Waals surface area contributed by atoms with E-state index in [4.69, 9.17) is 15.2 Å². The van der Waals surface area contributed by atoms with Crippen LogP contribution in [0.5, 0.6) is 11.5 Å². The highest BCUT2D eigenvalue weighted by molar-refractivity contribution is 6.04. The number of carbonyl (C=O) groups excluding carboxylic acids is 2. The maximum Gasteiger partial charge on any atom is 0.265 e. The van der Waals surface area contributed by atoms with Crippen LogP contribution < -0.4 is 20.5 Å². The van der Waals surface area contributed by atoms with Gasteiger partial charge in [-0.15, -0.1) is 0 Å². The normalized spacial score (nSPS) is 11.2. The molecule has 0 aromatic heterocycles. The van der Waals surface area contributed by atoms with Crippen molar-refractivity contribution in [2.45, 2.75) is 13.8 Å². The van der Waals surface area contributed by atoms with E-state index >= 15 is 0 Å². The van der Waals surface area contributed by atoms with E-state index in [1.54, 1.807) is 55.6 Å². The van der Waals surface area contributed by atoms with E-state index in [9.17, 15) is 9.59 Å². The second kappa shape index (κ2) is 9.43. The molecule has 0 radical (unpaired) electrons. The molecule has 0 aliphatic rings. The summed E-state index contributed by atoms with van der Waals surface area (Å²) in [4.78, 5) is 24.1. The second-order valence-corrected chi connectivity index (χ2v) is 6.38. The van der Waals surface area contributed by atoms with Crippen LogP contribution >= 0.6 is 0 Å². The lowest BCUT2D eigenvalue weighted by atomic mass is 10.1. The Balaban J connectivity index is 2.09. The predicted octanol–water partition coefficient (Wildman–Crippen LogP) is 2.99. The molecule has 2 aromatic carbocycles. The first-order chi connectivity index (χ1) is 12.9. The summed E-state index contributed by atoms with van der Waals surface area (Å²) in [7, 11) is 1.57. The average Bonchev–Trinajstić information content (AvgIpc) is 2.66.